The monoisotopic (exact) mass is 439 g/mol. The van der Waals surface area contributed by atoms with E-state index in [-0.39, 0.29) is 5.70 Å². The van der Waals surface area contributed by atoms with E-state index in [2.05, 4.69) is 5.32 Å². The number of nitrogens with one attached hydrogen (secondary N) is 1. The van der Waals surface area contributed by atoms with Gasteiger partial charge >= 0.3 is 5.97 Å². The average Bonchev–Trinajstić information content (AvgIpc) is 3.34. The average molecular weight is 440 g/mol. The molecule has 29 heavy (non-hydrogen) atoms. The van der Waals surface area contributed by atoms with Crippen molar-refractivity contribution in [3.8, 4) is 10.4 Å². The van der Waals surface area contributed by atoms with Gasteiger partial charge in [0.25, 0.3) is 5.91 Å². The van der Waals surface area contributed by atoms with E-state index in [0.717, 1.165) is 20.5 Å². The van der Waals surface area contributed by atoms with E-state index in [1.165, 1.54) is 28.7 Å². The fourth-order valence-corrected chi connectivity index (χ4v) is 5.05. The summed E-state index contributed by atoms with van der Waals surface area (Å²) in [5, 5.41) is 13.6. The molecule has 2 aromatic heterocycles. The van der Waals surface area contributed by atoms with Gasteiger partial charge in [0.05, 0.1) is 4.88 Å². The zero-order chi connectivity index (χ0) is 20.4. The van der Waals surface area contributed by atoms with Crippen LogP contribution in [0.25, 0.3) is 26.6 Å². The van der Waals surface area contributed by atoms with Crippen LogP contribution in [0.1, 0.15) is 14.5 Å². The molecule has 0 saturated heterocycles. The smallest absolute Gasteiger partial charge is 0.352 e. The van der Waals surface area contributed by atoms with Crippen LogP contribution in [0.2, 0.25) is 5.02 Å². The maximum absolute atomic E-state index is 12.6. The molecule has 0 saturated carbocycles. The van der Waals surface area contributed by atoms with E-state index in [9.17, 15) is 14.7 Å². The van der Waals surface area contributed by atoms with Gasteiger partial charge in [-0.25, -0.2) is 4.79 Å². The first-order valence-electron chi connectivity index (χ1n) is 8.61. The minimum Gasteiger partial charge on any atom is -0.477 e. The van der Waals surface area contributed by atoms with E-state index in [1.807, 2.05) is 48.5 Å². The van der Waals surface area contributed by atoms with Crippen molar-refractivity contribution >= 4 is 62.3 Å². The highest BCUT2D eigenvalue weighted by Crippen LogP contribution is 2.34. The minimum atomic E-state index is -1.20. The minimum absolute atomic E-state index is 0.181. The molecule has 2 N–H and O–H groups in total. The molecule has 0 unspecified atom stereocenters. The van der Waals surface area contributed by atoms with Crippen molar-refractivity contribution in [3.63, 3.8) is 0 Å². The standard InChI is InChI=1S/C22H14ClNO3S2/c23-16-7-3-2-6-15(16)19-10-9-14(28-19)12-17(22(26)27)24-21(25)20-11-13-5-1-4-8-18(13)29-20/h1-12H,(H,24,25)(H,26,27)/b17-12-. The lowest BCUT2D eigenvalue weighted by Crippen LogP contribution is -2.26. The lowest BCUT2D eigenvalue weighted by molar-refractivity contribution is -0.132. The lowest BCUT2D eigenvalue weighted by Gasteiger charge is -2.04. The van der Waals surface area contributed by atoms with E-state index < -0.39 is 11.9 Å². The molecule has 0 fully saturated rings. The number of rotatable bonds is 5. The molecule has 4 aromatic rings. The van der Waals surface area contributed by atoms with Gasteiger partial charge < -0.3 is 10.4 Å². The number of carbonyl (C=O) groups is 2. The van der Waals surface area contributed by atoms with Crippen molar-refractivity contribution in [2.24, 2.45) is 0 Å². The lowest BCUT2D eigenvalue weighted by atomic mass is 10.2. The van der Waals surface area contributed by atoms with Gasteiger partial charge in [-0.3, -0.25) is 4.79 Å². The Labute approximate surface area is 179 Å². The summed E-state index contributed by atoms with van der Waals surface area (Å²) in [6, 6.07) is 20.5. The Morgan fingerprint density at radius 3 is 2.48 bits per heavy atom. The fourth-order valence-electron chi connectivity index (χ4n) is 2.81. The largest absolute Gasteiger partial charge is 0.477 e. The van der Waals surface area contributed by atoms with Gasteiger partial charge in [-0.2, -0.15) is 0 Å². The van der Waals surface area contributed by atoms with Crippen molar-refractivity contribution in [1.82, 2.24) is 5.32 Å². The Bertz CT molecular complexity index is 1220. The summed E-state index contributed by atoms with van der Waals surface area (Å²) in [6.07, 6.45) is 1.46. The zero-order valence-electron chi connectivity index (χ0n) is 14.9. The third kappa shape index (κ3) is 4.24. The molecular formula is C22H14ClNO3S2. The maximum Gasteiger partial charge on any atom is 0.352 e. The second kappa shape index (κ2) is 8.21. The number of carbonyl (C=O) groups excluding carboxylic acids is 1. The molecule has 0 aliphatic carbocycles. The fraction of sp³-hybridized carbons (Fsp3) is 0. The summed E-state index contributed by atoms with van der Waals surface area (Å²) in [7, 11) is 0. The number of thiophene rings is 2. The molecule has 0 spiro atoms. The van der Waals surface area contributed by atoms with Crippen LogP contribution in [-0.4, -0.2) is 17.0 Å². The SMILES string of the molecule is O=C(O)/C(=C/c1ccc(-c2ccccc2Cl)s1)NC(=O)c1cc2ccccc2s1. The molecule has 0 aliphatic rings. The number of amides is 1. The summed E-state index contributed by atoms with van der Waals surface area (Å²) in [5.74, 6) is -1.64. The van der Waals surface area contributed by atoms with Crippen molar-refractivity contribution in [3.05, 3.63) is 87.2 Å². The number of halogens is 1. The number of hydrogen-bond donors (Lipinski definition) is 2. The quantitative estimate of drug-likeness (QED) is 0.367. The summed E-state index contributed by atoms with van der Waals surface area (Å²) in [4.78, 5) is 26.3. The zero-order valence-corrected chi connectivity index (χ0v) is 17.3. The molecule has 0 bridgehead atoms. The van der Waals surface area contributed by atoms with Crippen LogP contribution in [0, 0.1) is 0 Å². The Morgan fingerprint density at radius 1 is 0.966 bits per heavy atom. The Morgan fingerprint density at radius 2 is 1.72 bits per heavy atom. The second-order valence-corrected chi connectivity index (χ2v) is 8.75. The molecule has 1 amide bonds. The number of hydrogen-bond acceptors (Lipinski definition) is 4. The molecule has 7 heteroatoms. The second-order valence-electron chi connectivity index (χ2n) is 6.15. The molecule has 0 aliphatic heterocycles. The van der Waals surface area contributed by atoms with E-state index in [1.54, 1.807) is 18.2 Å². The van der Waals surface area contributed by atoms with E-state index >= 15 is 0 Å². The molecule has 144 valence electrons. The highest BCUT2D eigenvalue weighted by Gasteiger charge is 2.16. The van der Waals surface area contributed by atoms with Gasteiger partial charge in [-0.1, -0.05) is 48.0 Å². The number of benzene rings is 2. The molecule has 0 atom stereocenters. The number of fused-ring (bicyclic) bond motifs is 1. The molecular weight excluding hydrogens is 426 g/mol. The van der Waals surface area contributed by atoms with Crippen LogP contribution in [0.15, 0.2) is 72.4 Å². The number of aliphatic carboxylic acids is 1. The number of carboxylic acid groups (broad SMARTS) is 1. The Kier molecular flexibility index (Phi) is 5.49. The first-order valence-corrected chi connectivity index (χ1v) is 10.6. The maximum atomic E-state index is 12.6. The van der Waals surface area contributed by atoms with Crippen molar-refractivity contribution in [2.45, 2.75) is 0 Å². The Balaban J connectivity index is 1.59. The normalized spacial score (nSPS) is 11.6. The van der Waals surface area contributed by atoms with Crippen molar-refractivity contribution in [1.29, 1.82) is 0 Å². The summed E-state index contributed by atoms with van der Waals surface area (Å²) >= 11 is 8.96. The van der Waals surface area contributed by atoms with Crippen LogP contribution in [0.3, 0.4) is 0 Å². The van der Waals surface area contributed by atoms with E-state index in [4.69, 9.17) is 11.6 Å². The van der Waals surface area contributed by atoms with Crippen LogP contribution >= 0.6 is 34.3 Å². The van der Waals surface area contributed by atoms with Crippen LogP contribution in [0.5, 0.6) is 0 Å². The third-order valence-electron chi connectivity index (χ3n) is 4.18. The van der Waals surface area contributed by atoms with E-state index in [0.29, 0.717) is 14.8 Å². The third-order valence-corrected chi connectivity index (χ3v) is 6.69. The van der Waals surface area contributed by atoms with Gasteiger partial charge in [0, 0.05) is 25.0 Å². The Hall–Kier alpha value is -2.93. The van der Waals surface area contributed by atoms with Crippen LogP contribution < -0.4 is 5.32 Å². The van der Waals surface area contributed by atoms with Crippen LogP contribution in [-0.2, 0) is 4.79 Å². The molecule has 2 aromatic carbocycles. The molecule has 4 rings (SSSR count). The predicted molar refractivity (Wildman–Crippen MR) is 120 cm³/mol. The molecule has 0 radical (unpaired) electrons. The van der Waals surface area contributed by atoms with Crippen LogP contribution in [0.4, 0.5) is 0 Å². The summed E-state index contributed by atoms with van der Waals surface area (Å²) < 4.78 is 0.973. The van der Waals surface area contributed by atoms with Gasteiger partial charge in [-0.05, 0) is 41.8 Å². The molecule has 4 nitrogen and oxygen atoms in total. The van der Waals surface area contributed by atoms with Gasteiger partial charge in [0.2, 0.25) is 0 Å². The van der Waals surface area contributed by atoms with Crippen molar-refractivity contribution in [2.75, 3.05) is 0 Å². The topological polar surface area (TPSA) is 66.4 Å². The highest BCUT2D eigenvalue weighted by atomic mass is 35.5. The summed E-state index contributed by atoms with van der Waals surface area (Å²) in [5.41, 5.74) is 0.699. The predicted octanol–water partition coefficient (Wildman–Crippen LogP) is 6.14. The molecule has 2 heterocycles. The highest BCUT2D eigenvalue weighted by molar-refractivity contribution is 7.20. The summed E-state index contributed by atoms with van der Waals surface area (Å²) in [6.45, 7) is 0. The van der Waals surface area contributed by atoms with Gasteiger partial charge in [-0.15, -0.1) is 22.7 Å². The van der Waals surface area contributed by atoms with Crippen molar-refractivity contribution < 1.29 is 14.7 Å². The van der Waals surface area contributed by atoms with Gasteiger partial charge in [0.15, 0.2) is 0 Å². The first kappa shape index (κ1) is 19.4. The first-order chi connectivity index (χ1) is 14.0. The van der Waals surface area contributed by atoms with Gasteiger partial charge in [0.1, 0.15) is 5.70 Å². The number of carboxylic acids is 1.